The zero-order valence-electron chi connectivity index (χ0n) is 11.3. The second-order valence-electron chi connectivity index (χ2n) is 6.01. The maximum atomic E-state index is 3.51. The van der Waals surface area contributed by atoms with E-state index in [1.165, 1.54) is 44.6 Å². The quantitative estimate of drug-likeness (QED) is 0.873. The molecule has 1 aromatic carbocycles. The van der Waals surface area contributed by atoms with Gasteiger partial charge in [-0.15, -0.1) is 0 Å². The Morgan fingerprint density at radius 2 is 1.83 bits per heavy atom. The minimum atomic E-state index is 0.732. The van der Waals surface area contributed by atoms with E-state index in [4.69, 9.17) is 0 Å². The van der Waals surface area contributed by atoms with E-state index in [0.29, 0.717) is 0 Å². The lowest BCUT2D eigenvalue weighted by Gasteiger charge is -2.25. The van der Waals surface area contributed by atoms with E-state index < -0.39 is 0 Å². The van der Waals surface area contributed by atoms with Crippen molar-refractivity contribution in [3.8, 4) is 0 Å². The molecule has 2 aliphatic rings. The molecule has 3 unspecified atom stereocenters. The maximum Gasteiger partial charge on any atom is 0.00703 e. The Labute approximate surface area is 110 Å². The first-order chi connectivity index (χ1) is 8.83. The Hall–Kier alpha value is -0.860. The predicted octanol–water partition coefficient (Wildman–Crippen LogP) is 2.16. The first-order valence-electron chi connectivity index (χ1n) is 7.31. The van der Waals surface area contributed by atoms with Crippen molar-refractivity contribution in [3.05, 3.63) is 35.9 Å². The summed E-state index contributed by atoms with van der Waals surface area (Å²) in [6, 6.07) is 11.6. The van der Waals surface area contributed by atoms with Gasteiger partial charge in [-0.3, -0.25) is 4.90 Å². The van der Waals surface area contributed by atoms with E-state index in [0.717, 1.165) is 17.9 Å². The zero-order valence-corrected chi connectivity index (χ0v) is 11.3. The summed E-state index contributed by atoms with van der Waals surface area (Å²) in [6.07, 6.45) is 2.50. The molecule has 18 heavy (non-hydrogen) atoms. The number of likely N-dealkylation sites (tertiary alicyclic amines) is 1. The molecule has 3 rings (SSSR count). The lowest BCUT2D eigenvalue weighted by Crippen LogP contribution is -2.34. The fourth-order valence-electron chi connectivity index (χ4n) is 3.45. The van der Waals surface area contributed by atoms with Crippen LogP contribution < -0.4 is 5.32 Å². The number of hydrogen-bond donors (Lipinski definition) is 1. The average Bonchev–Trinajstić information content (AvgIpc) is 2.98. The molecule has 3 atom stereocenters. The minimum absolute atomic E-state index is 0.732. The molecule has 1 aromatic rings. The molecule has 0 aromatic heterocycles. The maximum absolute atomic E-state index is 3.51. The van der Waals surface area contributed by atoms with Crippen LogP contribution in [0.1, 0.15) is 18.9 Å². The summed E-state index contributed by atoms with van der Waals surface area (Å²) < 4.78 is 0. The highest BCUT2D eigenvalue weighted by Gasteiger charge is 2.37. The summed E-state index contributed by atoms with van der Waals surface area (Å²) in [5.74, 6) is 1.84. The molecule has 0 radical (unpaired) electrons. The van der Waals surface area contributed by atoms with Crippen molar-refractivity contribution < 1.29 is 0 Å². The summed E-state index contributed by atoms with van der Waals surface area (Å²) in [4.78, 5) is 2.71. The van der Waals surface area contributed by atoms with Crippen LogP contribution in [-0.4, -0.2) is 37.1 Å². The Morgan fingerprint density at radius 1 is 1.17 bits per heavy atom. The number of nitrogens with zero attached hydrogens (tertiary/aromatic N) is 1. The van der Waals surface area contributed by atoms with Crippen LogP contribution in [0.25, 0.3) is 0 Å². The molecule has 0 amide bonds. The van der Waals surface area contributed by atoms with Gasteiger partial charge in [0.05, 0.1) is 0 Å². The molecule has 0 saturated carbocycles. The van der Waals surface area contributed by atoms with Gasteiger partial charge in [0.25, 0.3) is 0 Å². The van der Waals surface area contributed by atoms with Crippen LogP contribution in [0.3, 0.4) is 0 Å². The molecule has 2 nitrogen and oxygen atoms in total. The van der Waals surface area contributed by atoms with Gasteiger partial charge >= 0.3 is 0 Å². The lowest BCUT2D eigenvalue weighted by atomic mass is 10.0. The third kappa shape index (κ3) is 2.60. The number of hydrogen-bond acceptors (Lipinski definition) is 2. The van der Waals surface area contributed by atoms with Crippen molar-refractivity contribution in [1.82, 2.24) is 10.2 Å². The molecule has 2 aliphatic heterocycles. The van der Waals surface area contributed by atoms with E-state index >= 15 is 0 Å². The number of rotatable bonds is 4. The second-order valence-corrected chi connectivity index (χ2v) is 6.01. The number of fused-ring (bicyclic) bond motifs is 1. The molecular formula is C16H24N2. The van der Waals surface area contributed by atoms with E-state index in [2.05, 4.69) is 47.5 Å². The van der Waals surface area contributed by atoms with Crippen molar-refractivity contribution in [2.45, 2.75) is 25.8 Å². The number of nitrogens with one attached hydrogen (secondary N) is 1. The topological polar surface area (TPSA) is 15.3 Å². The summed E-state index contributed by atoms with van der Waals surface area (Å²) in [6.45, 7) is 7.51. The average molecular weight is 244 g/mol. The normalized spacial score (nSPS) is 29.4. The zero-order chi connectivity index (χ0) is 12.4. The summed E-state index contributed by atoms with van der Waals surface area (Å²) in [7, 11) is 0. The second kappa shape index (κ2) is 5.41. The number of aryl methyl sites for hydroxylation is 1. The molecule has 0 spiro atoms. The smallest absolute Gasteiger partial charge is 0.00703 e. The van der Waals surface area contributed by atoms with Crippen LogP contribution in [-0.2, 0) is 6.42 Å². The van der Waals surface area contributed by atoms with Crippen molar-refractivity contribution >= 4 is 0 Å². The van der Waals surface area contributed by atoms with Crippen LogP contribution in [0, 0.1) is 11.8 Å². The molecule has 1 N–H and O–H groups in total. The standard InChI is InChI=1S/C16H24N2/c1-13(7-8-14-5-3-2-4-6-14)18-11-15-9-17-10-16(15)12-18/h2-6,13,15-17H,7-12H2,1H3. The van der Waals surface area contributed by atoms with E-state index in [9.17, 15) is 0 Å². The van der Waals surface area contributed by atoms with Crippen LogP contribution in [0.4, 0.5) is 0 Å². The molecule has 0 aliphatic carbocycles. The third-order valence-corrected chi connectivity index (χ3v) is 4.73. The largest absolute Gasteiger partial charge is 0.316 e. The van der Waals surface area contributed by atoms with Gasteiger partial charge in [-0.05, 0) is 50.3 Å². The van der Waals surface area contributed by atoms with Gasteiger partial charge < -0.3 is 5.32 Å². The lowest BCUT2D eigenvalue weighted by molar-refractivity contribution is 0.230. The van der Waals surface area contributed by atoms with Gasteiger partial charge in [0.1, 0.15) is 0 Å². The molecule has 2 fully saturated rings. The Kier molecular flexibility index (Phi) is 3.67. The van der Waals surface area contributed by atoms with Crippen LogP contribution in [0.5, 0.6) is 0 Å². The van der Waals surface area contributed by atoms with Crippen molar-refractivity contribution in [2.75, 3.05) is 26.2 Å². The molecule has 2 heteroatoms. The van der Waals surface area contributed by atoms with Crippen LogP contribution in [0.15, 0.2) is 30.3 Å². The fourth-order valence-corrected chi connectivity index (χ4v) is 3.45. The molecule has 2 heterocycles. The molecule has 0 bridgehead atoms. The minimum Gasteiger partial charge on any atom is -0.316 e. The van der Waals surface area contributed by atoms with Gasteiger partial charge in [-0.2, -0.15) is 0 Å². The molecular weight excluding hydrogens is 220 g/mol. The summed E-state index contributed by atoms with van der Waals surface area (Å²) >= 11 is 0. The highest BCUT2D eigenvalue weighted by Crippen LogP contribution is 2.28. The van der Waals surface area contributed by atoms with Gasteiger partial charge in [0.15, 0.2) is 0 Å². The highest BCUT2D eigenvalue weighted by molar-refractivity contribution is 5.14. The first kappa shape index (κ1) is 12.2. The third-order valence-electron chi connectivity index (χ3n) is 4.73. The fraction of sp³-hybridized carbons (Fsp3) is 0.625. The predicted molar refractivity (Wildman–Crippen MR) is 75.6 cm³/mol. The van der Waals surface area contributed by atoms with Crippen LogP contribution >= 0.6 is 0 Å². The monoisotopic (exact) mass is 244 g/mol. The van der Waals surface area contributed by atoms with Crippen molar-refractivity contribution in [1.29, 1.82) is 0 Å². The molecule has 98 valence electrons. The van der Waals surface area contributed by atoms with E-state index in [-0.39, 0.29) is 0 Å². The van der Waals surface area contributed by atoms with Crippen molar-refractivity contribution in [3.63, 3.8) is 0 Å². The van der Waals surface area contributed by atoms with Gasteiger partial charge in [-0.1, -0.05) is 30.3 Å². The number of benzene rings is 1. The Bertz CT molecular complexity index is 364. The Morgan fingerprint density at radius 3 is 2.50 bits per heavy atom. The van der Waals surface area contributed by atoms with Gasteiger partial charge in [0, 0.05) is 19.1 Å². The summed E-state index contributed by atoms with van der Waals surface area (Å²) in [5.41, 5.74) is 1.48. The van der Waals surface area contributed by atoms with Crippen molar-refractivity contribution in [2.24, 2.45) is 11.8 Å². The summed E-state index contributed by atoms with van der Waals surface area (Å²) in [5, 5.41) is 3.51. The highest BCUT2D eigenvalue weighted by atomic mass is 15.2. The van der Waals surface area contributed by atoms with Gasteiger partial charge in [-0.25, -0.2) is 0 Å². The first-order valence-corrected chi connectivity index (χ1v) is 7.31. The van der Waals surface area contributed by atoms with Crippen LogP contribution in [0.2, 0.25) is 0 Å². The SMILES string of the molecule is CC(CCc1ccccc1)N1CC2CNCC2C1. The Balaban J connectivity index is 1.49. The van der Waals surface area contributed by atoms with E-state index in [1.54, 1.807) is 0 Å². The van der Waals surface area contributed by atoms with E-state index in [1.807, 2.05) is 0 Å². The molecule has 2 saturated heterocycles. The van der Waals surface area contributed by atoms with Gasteiger partial charge in [0.2, 0.25) is 0 Å².